The molecule has 2 aromatic rings. The van der Waals surface area contributed by atoms with Crippen molar-refractivity contribution < 1.29 is 0 Å². The Morgan fingerprint density at radius 1 is 0.733 bits per heavy atom. The maximum atomic E-state index is 5.86. The Bertz CT molecular complexity index is 504. The number of hydrogen-bond donors (Lipinski definition) is 0. The second-order valence-electron chi connectivity index (χ2n) is 3.13. The molecule has 2 rings (SSSR count). The smallest absolute Gasteiger partial charge is 0.0418 e. The molecule has 0 radical (unpaired) electrons. The van der Waals surface area contributed by atoms with Crippen molar-refractivity contribution in [1.82, 2.24) is 0 Å². The Morgan fingerprint density at radius 3 is 2.13 bits per heavy atom. The first-order chi connectivity index (χ1) is 7.34. The van der Waals surface area contributed by atoms with Gasteiger partial charge in [-0.25, -0.2) is 0 Å². The summed E-state index contributed by atoms with van der Waals surface area (Å²) in [7, 11) is 0. The van der Waals surface area contributed by atoms with Gasteiger partial charge in [-0.2, -0.15) is 0 Å². The topological polar surface area (TPSA) is 0 Å². The minimum atomic E-state index is 0.717. The van der Waals surface area contributed by atoms with Gasteiger partial charge in [0.05, 0.1) is 0 Å². The summed E-state index contributed by atoms with van der Waals surface area (Å²) in [6.45, 7) is 0. The molecule has 72 valence electrons. The van der Waals surface area contributed by atoms with Crippen molar-refractivity contribution in [1.29, 1.82) is 0 Å². The van der Waals surface area contributed by atoms with Gasteiger partial charge in [0.15, 0.2) is 0 Å². The van der Waals surface area contributed by atoms with Gasteiger partial charge in [-0.15, -0.1) is 0 Å². The van der Waals surface area contributed by atoms with E-state index >= 15 is 0 Å². The van der Waals surface area contributed by atoms with Crippen LogP contribution in [0.2, 0.25) is 5.02 Å². The molecular weight excluding hydrogens is 204 g/mol. The van der Waals surface area contributed by atoms with Gasteiger partial charge in [-0.05, 0) is 30.3 Å². The van der Waals surface area contributed by atoms with Gasteiger partial charge in [-0.1, -0.05) is 47.7 Å². The molecule has 0 heterocycles. The van der Waals surface area contributed by atoms with Crippen molar-refractivity contribution >= 4 is 11.6 Å². The van der Waals surface area contributed by atoms with Crippen molar-refractivity contribution in [3.63, 3.8) is 0 Å². The van der Waals surface area contributed by atoms with Crippen LogP contribution in [0.3, 0.4) is 0 Å². The lowest BCUT2D eigenvalue weighted by Crippen LogP contribution is -1.75. The molecule has 1 heteroatoms. The van der Waals surface area contributed by atoms with E-state index in [1.54, 1.807) is 0 Å². The average molecular weight is 213 g/mol. The Balaban J connectivity index is 2.26. The molecule has 0 bridgehead atoms. The Kier molecular flexibility index (Phi) is 3.07. The van der Waals surface area contributed by atoms with E-state index in [-0.39, 0.29) is 0 Å². The third kappa shape index (κ3) is 2.87. The molecule has 0 nitrogen and oxygen atoms in total. The van der Waals surface area contributed by atoms with Gasteiger partial charge < -0.3 is 0 Å². The van der Waals surface area contributed by atoms with E-state index in [9.17, 15) is 0 Å². The summed E-state index contributed by atoms with van der Waals surface area (Å²) in [4.78, 5) is 0. The fourth-order valence-electron chi connectivity index (χ4n) is 1.23. The molecule has 0 spiro atoms. The summed E-state index contributed by atoms with van der Waals surface area (Å²) in [5.74, 6) is 6.15. The monoisotopic (exact) mass is 212 g/mol. The molecule has 2 aromatic carbocycles. The van der Waals surface area contributed by atoms with E-state index in [0.29, 0.717) is 0 Å². The van der Waals surface area contributed by atoms with Crippen molar-refractivity contribution in [3.8, 4) is 11.8 Å². The van der Waals surface area contributed by atoms with Crippen LogP contribution in [0, 0.1) is 11.8 Å². The molecule has 0 aliphatic rings. The first-order valence-electron chi connectivity index (χ1n) is 4.67. The van der Waals surface area contributed by atoms with Gasteiger partial charge in [0, 0.05) is 16.1 Å². The zero-order chi connectivity index (χ0) is 10.5. The zero-order valence-electron chi connectivity index (χ0n) is 8.07. The van der Waals surface area contributed by atoms with Crippen LogP contribution in [-0.4, -0.2) is 0 Å². The lowest BCUT2D eigenvalue weighted by Gasteiger charge is -1.91. The van der Waals surface area contributed by atoms with Gasteiger partial charge >= 0.3 is 0 Å². The molecule has 0 aliphatic carbocycles. The second-order valence-corrected chi connectivity index (χ2v) is 3.56. The summed E-state index contributed by atoms with van der Waals surface area (Å²) in [5.41, 5.74) is 1.95. The van der Waals surface area contributed by atoms with Crippen LogP contribution in [0.5, 0.6) is 0 Å². The Labute approximate surface area is 94.5 Å². The van der Waals surface area contributed by atoms with Crippen LogP contribution in [0.4, 0.5) is 0 Å². The molecule has 0 amide bonds. The van der Waals surface area contributed by atoms with E-state index < -0.39 is 0 Å². The second kappa shape index (κ2) is 4.68. The van der Waals surface area contributed by atoms with Crippen molar-refractivity contribution in [3.05, 3.63) is 70.7 Å². The molecule has 0 N–H and O–H groups in total. The third-order valence-electron chi connectivity index (χ3n) is 1.95. The Morgan fingerprint density at radius 2 is 1.40 bits per heavy atom. The molecule has 0 fully saturated rings. The van der Waals surface area contributed by atoms with Crippen molar-refractivity contribution in [2.75, 3.05) is 0 Å². The summed E-state index contributed by atoms with van der Waals surface area (Å²) in [6.07, 6.45) is 0. The molecule has 0 saturated heterocycles. The zero-order valence-corrected chi connectivity index (χ0v) is 8.83. The standard InChI is InChI=1S/C14H9Cl/c15-14-8-4-7-13(11-14)10-9-12-5-2-1-3-6-12/h1-8,11H. The number of rotatable bonds is 0. The molecular formula is C14H9Cl. The van der Waals surface area contributed by atoms with Crippen LogP contribution in [0.15, 0.2) is 54.6 Å². The lowest BCUT2D eigenvalue weighted by molar-refractivity contribution is 1.62. The largest absolute Gasteiger partial charge is 0.0843 e. The molecule has 0 aromatic heterocycles. The van der Waals surface area contributed by atoms with E-state index in [2.05, 4.69) is 11.8 Å². The van der Waals surface area contributed by atoms with Crippen LogP contribution >= 0.6 is 11.6 Å². The highest BCUT2D eigenvalue weighted by molar-refractivity contribution is 6.30. The fraction of sp³-hybridized carbons (Fsp3) is 0. The van der Waals surface area contributed by atoms with Gasteiger partial charge in [-0.3, -0.25) is 0 Å². The van der Waals surface area contributed by atoms with Crippen molar-refractivity contribution in [2.45, 2.75) is 0 Å². The number of halogens is 1. The number of benzene rings is 2. The van der Waals surface area contributed by atoms with Crippen LogP contribution in [0.1, 0.15) is 11.1 Å². The highest BCUT2D eigenvalue weighted by Gasteiger charge is 1.88. The van der Waals surface area contributed by atoms with E-state index in [1.807, 2.05) is 54.6 Å². The summed E-state index contributed by atoms with van der Waals surface area (Å²) < 4.78 is 0. The number of hydrogen-bond acceptors (Lipinski definition) is 0. The predicted molar refractivity (Wildman–Crippen MR) is 63.9 cm³/mol. The fourth-order valence-corrected chi connectivity index (χ4v) is 1.42. The highest BCUT2D eigenvalue weighted by Crippen LogP contribution is 2.09. The van der Waals surface area contributed by atoms with Gasteiger partial charge in [0.25, 0.3) is 0 Å². The van der Waals surface area contributed by atoms with E-state index in [4.69, 9.17) is 11.6 Å². The van der Waals surface area contributed by atoms with Gasteiger partial charge in [0.2, 0.25) is 0 Å². The lowest BCUT2D eigenvalue weighted by atomic mass is 10.2. The normalized spacial score (nSPS) is 9.13. The summed E-state index contributed by atoms with van der Waals surface area (Å²) in [6, 6.07) is 17.4. The van der Waals surface area contributed by atoms with Crippen molar-refractivity contribution in [2.24, 2.45) is 0 Å². The summed E-state index contributed by atoms with van der Waals surface area (Å²) >= 11 is 5.86. The van der Waals surface area contributed by atoms with Crippen LogP contribution in [0.25, 0.3) is 0 Å². The first-order valence-corrected chi connectivity index (χ1v) is 5.05. The average Bonchev–Trinajstić information content (AvgIpc) is 2.28. The van der Waals surface area contributed by atoms with E-state index in [0.717, 1.165) is 16.1 Å². The third-order valence-corrected chi connectivity index (χ3v) is 2.18. The predicted octanol–water partition coefficient (Wildman–Crippen LogP) is 3.74. The maximum absolute atomic E-state index is 5.86. The van der Waals surface area contributed by atoms with E-state index in [1.165, 1.54) is 0 Å². The minimum Gasteiger partial charge on any atom is -0.0843 e. The molecule has 0 unspecified atom stereocenters. The molecule has 15 heavy (non-hydrogen) atoms. The quantitative estimate of drug-likeness (QED) is 0.584. The van der Waals surface area contributed by atoms with Crippen LogP contribution < -0.4 is 0 Å². The summed E-state index contributed by atoms with van der Waals surface area (Å²) in [5, 5.41) is 0.717. The first kappa shape index (κ1) is 9.83. The molecule has 0 aliphatic heterocycles. The van der Waals surface area contributed by atoms with Crippen LogP contribution in [-0.2, 0) is 0 Å². The molecule has 0 saturated carbocycles. The SMILES string of the molecule is Clc1cccc(C#Cc2ccccc2)c1. The maximum Gasteiger partial charge on any atom is 0.0418 e. The Hall–Kier alpha value is -1.71. The minimum absolute atomic E-state index is 0.717. The highest BCUT2D eigenvalue weighted by atomic mass is 35.5. The molecule has 0 atom stereocenters. The van der Waals surface area contributed by atoms with Gasteiger partial charge in [0.1, 0.15) is 0 Å².